The highest BCUT2D eigenvalue weighted by atomic mass is 14.6. The molecular weight excluding hydrogens is 180 g/mol. The Morgan fingerprint density at radius 2 is 1.53 bits per heavy atom. The van der Waals surface area contributed by atoms with Gasteiger partial charge in [-0.3, -0.25) is 0 Å². The van der Waals surface area contributed by atoms with Gasteiger partial charge in [0, 0.05) is 0 Å². The summed E-state index contributed by atoms with van der Waals surface area (Å²) >= 11 is 0. The Balaban J connectivity index is 2.14. The maximum atomic E-state index is 2.53. The predicted octanol–water partition coefficient (Wildman–Crippen LogP) is 5.03. The van der Waals surface area contributed by atoms with Crippen molar-refractivity contribution in [1.29, 1.82) is 0 Å². The first-order chi connectivity index (χ1) is 6.74. The summed E-state index contributed by atoms with van der Waals surface area (Å²) in [5.74, 6) is 1.09. The van der Waals surface area contributed by atoms with E-state index in [1.165, 1.54) is 38.5 Å². The van der Waals surface area contributed by atoms with Gasteiger partial charge in [0.15, 0.2) is 0 Å². The van der Waals surface area contributed by atoms with E-state index in [1.54, 1.807) is 0 Å². The zero-order chi connectivity index (χ0) is 11.3. The van der Waals surface area contributed by atoms with E-state index < -0.39 is 0 Å². The lowest BCUT2D eigenvalue weighted by Gasteiger charge is -2.46. The summed E-state index contributed by atoms with van der Waals surface area (Å²) < 4.78 is 0. The molecular formula is C15H28. The molecule has 2 aliphatic rings. The van der Waals surface area contributed by atoms with Crippen molar-refractivity contribution in [3.05, 3.63) is 0 Å². The van der Waals surface area contributed by atoms with Gasteiger partial charge in [0.25, 0.3) is 0 Å². The SMILES string of the molecule is CC(C)(C)CC(C)(C)C12CCC(CC1)C2. The Morgan fingerprint density at radius 3 is 1.87 bits per heavy atom. The molecule has 15 heavy (non-hydrogen) atoms. The molecule has 0 nitrogen and oxygen atoms in total. The van der Waals surface area contributed by atoms with Crippen molar-refractivity contribution in [1.82, 2.24) is 0 Å². The van der Waals surface area contributed by atoms with E-state index in [9.17, 15) is 0 Å². The van der Waals surface area contributed by atoms with E-state index in [-0.39, 0.29) is 0 Å². The van der Waals surface area contributed by atoms with Crippen LogP contribution in [-0.2, 0) is 0 Å². The summed E-state index contributed by atoms with van der Waals surface area (Å²) in [5, 5.41) is 0. The minimum Gasteiger partial charge on any atom is -0.0602 e. The lowest BCUT2D eigenvalue weighted by molar-refractivity contribution is 0.0349. The molecule has 0 aromatic rings. The summed E-state index contributed by atoms with van der Waals surface area (Å²) in [7, 11) is 0. The topological polar surface area (TPSA) is 0 Å². The Kier molecular flexibility index (Phi) is 2.48. The number of hydrogen-bond acceptors (Lipinski definition) is 0. The first-order valence-electron chi connectivity index (χ1n) is 6.74. The predicted molar refractivity (Wildman–Crippen MR) is 66.9 cm³/mol. The van der Waals surface area contributed by atoms with Crippen LogP contribution in [0.1, 0.15) is 73.1 Å². The molecule has 0 saturated heterocycles. The zero-order valence-corrected chi connectivity index (χ0v) is 11.3. The molecule has 0 radical (unpaired) electrons. The van der Waals surface area contributed by atoms with Gasteiger partial charge in [-0.15, -0.1) is 0 Å². The van der Waals surface area contributed by atoms with Crippen LogP contribution in [0.4, 0.5) is 0 Å². The molecule has 2 aliphatic carbocycles. The van der Waals surface area contributed by atoms with Gasteiger partial charge in [0.05, 0.1) is 0 Å². The van der Waals surface area contributed by atoms with Gasteiger partial charge in [0.2, 0.25) is 0 Å². The minimum absolute atomic E-state index is 0.485. The van der Waals surface area contributed by atoms with Crippen LogP contribution in [-0.4, -0.2) is 0 Å². The molecule has 0 aromatic heterocycles. The number of rotatable bonds is 2. The second-order valence-corrected chi connectivity index (χ2v) is 8.05. The van der Waals surface area contributed by atoms with E-state index in [0.29, 0.717) is 16.2 Å². The largest absolute Gasteiger partial charge is 0.0602 e. The number of hydrogen-bond donors (Lipinski definition) is 0. The zero-order valence-electron chi connectivity index (χ0n) is 11.3. The van der Waals surface area contributed by atoms with E-state index in [1.807, 2.05) is 0 Å². The Bertz CT molecular complexity index is 233. The monoisotopic (exact) mass is 208 g/mol. The second-order valence-electron chi connectivity index (χ2n) is 8.05. The summed E-state index contributed by atoms with van der Waals surface area (Å²) in [6.45, 7) is 12.3. The van der Waals surface area contributed by atoms with Crippen molar-refractivity contribution in [2.75, 3.05) is 0 Å². The van der Waals surface area contributed by atoms with Crippen LogP contribution >= 0.6 is 0 Å². The van der Waals surface area contributed by atoms with Crippen molar-refractivity contribution < 1.29 is 0 Å². The smallest absolute Gasteiger partial charge is 0.0243 e. The Labute approximate surface area is 95.8 Å². The second kappa shape index (κ2) is 3.25. The molecule has 0 amide bonds. The maximum absolute atomic E-state index is 2.53. The van der Waals surface area contributed by atoms with Crippen molar-refractivity contribution >= 4 is 0 Å². The summed E-state index contributed by atoms with van der Waals surface area (Å²) in [6, 6.07) is 0. The molecule has 0 heterocycles. The highest BCUT2D eigenvalue weighted by molar-refractivity contribution is 5.04. The molecule has 0 atom stereocenters. The highest BCUT2D eigenvalue weighted by Gasteiger charge is 2.53. The van der Waals surface area contributed by atoms with Crippen LogP contribution in [0.3, 0.4) is 0 Å². The van der Waals surface area contributed by atoms with Gasteiger partial charge >= 0.3 is 0 Å². The molecule has 2 bridgehead atoms. The fraction of sp³-hybridized carbons (Fsp3) is 1.00. The van der Waals surface area contributed by atoms with E-state index >= 15 is 0 Å². The van der Waals surface area contributed by atoms with Crippen molar-refractivity contribution in [2.24, 2.45) is 22.2 Å². The Hall–Kier alpha value is 0. The summed E-state index contributed by atoms with van der Waals surface area (Å²) in [5.41, 5.74) is 1.75. The van der Waals surface area contributed by atoms with Gasteiger partial charge < -0.3 is 0 Å². The summed E-state index contributed by atoms with van der Waals surface area (Å²) in [6.07, 6.45) is 8.99. The molecule has 0 unspecified atom stereocenters. The van der Waals surface area contributed by atoms with Crippen LogP contribution in [0.25, 0.3) is 0 Å². The molecule has 0 heteroatoms. The molecule has 0 aromatic carbocycles. The van der Waals surface area contributed by atoms with Gasteiger partial charge in [-0.2, -0.15) is 0 Å². The van der Waals surface area contributed by atoms with Gasteiger partial charge in [-0.25, -0.2) is 0 Å². The standard InChI is InChI=1S/C15H28/c1-13(2,3)11-14(4,5)15-8-6-12(10-15)7-9-15/h12H,6-11H2,1-5H3. The Morgan fingerprint density at radius 1 is 1.00 bits per heavy atom. The van der Waals surface area contributed by atoms with E-state index in [0.717, 1.165) is 5.92 Å². The van der Waals surface area contributed by atoms with Crippen LogP contribution in [0.5, 0.6) is 0 Å². The van der Waals surface area contributed by atoms with E-state index in [4.69, 9.17) is 0 Å². The van der Waals surface area contributed by atoms with Crippen LogP contribution in [0.15, 0.2) is 0 Å². The molecule has 0 spiro atoms. The van der Waals surface area contributed by atoms with Crippen LogP contribution in [0.2, 0.25) is 0 Å². The average Bonchev–Trinajstić information content (AvgIpc) is 2.58. The quantitative estimate of drug-likeness (QED) is 0.597. The molecule has 0 N–H and O–H groups in total. The first kappa shape index (κ1) is 11.5. The van der Waals surface area contributed by atoms with Gasteiger partial charge in [-0.1, -0.05) is 34.6 Å². The van der Waals surface area contributed by atoms with Gasteiger partial charge in [0.1, 0.15) is 0 Å². The lowest BCUT2D eigenvalue weighted by Crippen LogP contribution is -2.37. The third kappa shape index (κ3) is 1.97. The van der Waals surface area contributed by atoms with Gasteiger partial charge in [-0.05, 0) is 60.7 Å². The van der Waals surface area contributed by atoms with Crippen molar-refractivity contribution in [3.63, 3.8) is 0 Å². The minimum atomic E-state index is 0.485. The van der Waals surface area contributed by atoms with Crippen molar-refractivity contribution in [3.8, 4) is 0 Å². The third-order valence-electron chi connectivity index (χ3n) is 5.15. The first-order valence-corrected chi connectivity index (χ1v) is 6.74. The van der Waals surface area contributed by atoms with Crippen LogP contribution in [0, 0.1) is 22.2 Å². The van der Waals surface area contributed by atoms with Crippen LogP contribution < -0.4 is 0 Å². The lowest BCUT2D eigenvalue weighted by atomic mass is 9.58. The third-order valence-corrected chi connectivity index (χ3v) is 5.15. The normalized spacial score (nSPS) is 36.2. The molecule has 2 fully saturated rings. The molecule has 88 valence electrons. The number of fused-ring (bicyclic) bond motifs is 2. The molecule has 0 aliphatic heterocycles. The summed E-state index contributed by atoms with van der Waals surface area (Å²) in [4.78, 5) is 0. The highest BCUT2D eigenvalue weighted by Crippen LogP contribution is 2.64. The fourth-order valence-electron chi connectivity index (χ4n) is 4.66. The molecule has 2 rings (SSSR count). The fourth-order valence-corrected chi connectivity index (χ4v) is 4.66. The average molecular weight is 208 g/mol. The molecule has 2 saturated carbocycles. The van der Waals surface area contributed by atoms with E-state index in [2.05, 4.69) is 34.6 Å². The maximum Gasteiger partial charge on any atom is -0.0243 e. The van der Waals surface area contributed by atoms with Crippen molar-refractivity contribution in [2.45, 2.75) is 73.1 Å².